The first-order valence-corrected chi connectivity index (χ1v) is 13.1. The molecule has 1 aromatic rings. The zero-order chi connectivity index (χ0) is 26.5. The summed E-state index contributed by atoms with van der Waals surface area (Å²) in [5.74, 6) is -1.97. The summed E-state index contributed by atoms with van der Waals surface area (Å²) in [5, 5.41) is 11.3. The van der Waals surface area contributed by atoms with Gasteiger partial charge in [-0.15, -0.1) is 5.16 Å². The molecule has 0 aliphatic heterocycles. The molecule has 1 aromatic carbocycles. The fraction of sp³-hybridized carbons (Fsp3) is 0.381. The number of halogens is 5. The lowest BCUT2D eigenvalue weighted by atomic mass is 9.80. The second kappa shape index (κ2) is 11.0. The van der Waals surface area contributed by atoms with E-state index in [9.17, 15) is 38.8 Å². The summed E-state index contributed by atoms with van der Waals surface area (Å²) in [4.78, 5) is -0.350. The number of nitrogens with one attached hydrogen (secondary N) is 1. The van der Waals surface area contributed by atoms with Crippen molar-refractivity contribution in [3.05, 3.63) is 71.2 Å². The monoisotopic (exact) mass is 542 g/mol. The predicted octanol–water partition coefficient (Wildman–Crippen LogP) is 4.43. The number of nitrogens with zero attached hydrogens (tertiary/aromatic N) is 1. The van der Waals surface area contributed by atoms with Crippen molar-refractivity contribution in [2.75, 3.05) is 0 Å². The first-order valence-electron chi connectivity index (χ1n) is 10.2. The van der Waals surface area contributed by atoms with Crippen molar-refractivity contribution in [3.63, 3.8) is 0 Å². The molecule has 2 N–H and O–H groups in total. The van der Waals surface area contributed by atoms with Gasteiger partial charge in [0.05, 0.1) is 4.91 Å². The van der Waals surface area contributed by atoms with Crippen LogP contribution in [0.3, 0.4) is 0 Å². The number of sulfonamides is 1. The van der Waals surface area contributed by atoms with E-state index >= 15 is 0 Å². The number of allylic oxidation sites excluding steroid dienone is 4. The summed E-state index contributed by atoms with van der Waals surface area (Å²) in [6, 6.07) is 0.965. The van der Waals surface area contributed by atoms with Crippen LogP contribution in [0.15, 0.2) is 59.1 Å². The van der Waals surface area contributed by atoms with Gasteiger partial charge in [0.25, 0.3) is 0 Å². The number of sulfone groups is 1. The van der Waals surface area contributed by atoms with Gasteiger partial charge in [-0.2, -0.15) is 13.2 Å². The summed E-state index contributed by atoms with van der Waals surface area (Å²) in [6.45, 7) is 3.45. The van der Waals surface area contributed by atoms with Gasteiger partial charge >= 0.3 is 15.5 Å². The molecule has 1 saturated carbocycles. The Balaban J connectivity index is 2.57. The Kier molecular flexibility index (Phi) is 9.00. The van der Waals surface area contributed by atoms with Crippen molar-refractivity contribution >= 4 is 26.1 Å². The fourth-order valence-corrected chi connectivity index (χ4v) is 6.92. The molecule has 0 amide bonds. The molecule has 0 heterocycles. The van der Waals surface area contributed by atoms with Crippen LogP contribution in [0.2, 0.25) is 0 Å². The van der Waals surface area contributed by atoms with Gasteiger partial charge in [-0.1, -0.05) is 18.7 Å². The molecular formula is C21H23F5N2O5S2. The Labute approximate surface area is 199 Å². The van der Waals surface area contributed by atoms with E-state index in [0.29, 0.717) is 6.07 Å². The van der Waals surface area contributed by atoms with Gasteiger partial charge in [0.1, 0.15) is 16.4 Å². The van der Waals surface area contributed by atoms with Crippen molar-refractivity contribution in [2.45, 2.75) is 48.4 Å². The van der Waals surface area contributed by atoms with Gasteiger partial charge in [0, 0.05) is 24.2 Å². The molecule has 0 unspecified atom stereocenters. The second-order valence-corrected chi connectivity index (χ2v) is 11.7. The number of oxime groups is 1. The quantitative estimate of drug-likeness (QED) is 0.158. The Morgan fingerprint density at radius 1 is 1.20 bits per heavy atom. The summed E-state index contributed by atoms with van der Waals surface area (Å²) >= 11 is 0. The van der Waals surface area contributed by atoms with Crippen LogP contribution >= 0.6 is 0 Å². The van der Waals surface area contributed by atoms with E-state index in [-0.39, 0.29) is 11.3 Å². The normalized spacial score (nSPS) is 22.7. The van der Waals surface area contributed by atoms with Gasteiger partial charge in [-0.25, -0.2) is 30.3 Å². The van der Waals surface area contributed by atoms with Crippen LogP contribution in [-0.2, 0) is 24.6 Å². The van der Waals surface area contributed by atoms with E-state index in [2.05, 4.69) is 11.7 Å². The molecular weight excluding hydrogens is 519 g/mol. The number of hydrogen-bond donors (Lipinski definition) is 2. The van der Waals surface area contributed by atoms with E-state index in [4.69, 9.17) is 5.21 Å². The zero-order valence-electron chi connectivity index (χ0n) is 18.2. The number of benzene rings is 1. The number of alkyl halides is 3. The minimum atomic E-state index is -5.69. The molecule has 0 saturated heterocycles. The largest absolute Gasteiger partial charge is 0.511 e. The van der Waals surface area contributed by atoms with Gasteiger partial charge in [0.15, 0.2) is 9.84 Å². The molecule has 35 heavy (non-hydrogen) atoms. The SMILES string of the molecule is C=C/C=C(\C=C/C/C=N/O)S(=O)(=O)[C@]1(c2cc(F)ccc2F)CC[C@H](NS(=O)(=O)C(F)(F)F)CC1. The number of hydrogen-bond acceptors (Lipinski definition) is 6. The lowest BCUT2D eigenvalue weighted by molar-refractivity contribution is -0.0452. The van der Waals surface area contributed by atoms with Crippen LogP contribution in [-0.4, -0.2) is 39.8 Å². The third kappa shape index (κ3) is 6.16. The highest BCUT2D eigenvalue weighted by Gasteiger charge is 2.52. The second-order valence-electron chi connectivity index (χ2n) is 7.70. The minimum Gasteiger partial charge on any atom is -0.411 e. The van der Waals surface area contributed by atoms with Gasteiger partial charge in [-0.05, 0) is 56.0 Å². The summed E-state index contributed by atoms with van der Waals surface area (Å²) < 4.78 is 117. The molecule has 0 bridgehead atoms. The maximum atomic E-state index is 14.9. The standard InChI is InChI=1S/C21H23F5N2O5S2/c1-2-5-17(6-3-4-13-27-29)34(30,31)20(18-14-15(22)7-8-19(18)23)11-9-16(10-12-20)28-35(32,33)21(24,25)26/h2-3,5-8,13-14,16,28-29H,1,4,9-12H2/b6-3-,17-5+,27-13+/t16-,20+. The van der Waals surface area contributed by atoms with Gasteiger partial charge in [-0.3, -0.25) is 0 Å². The topological polar surface area (TPSA) is 113 Å². The molecule has 1 fully saturated rings. The van der Waals surface area contributed by atoms with E-state index in [1.165, 1.54) is 10.8 Å². The number of rotatable bonds is 9. The fourth-order valence-electron chi connectivity index (χ4n) is 3.89. The highest BCUT2D eigenvalue weighted by molar-refractivity contribution is 7.96. The van der Waals surface area contributed by atoms with Crippen LogP contribution in [0, 0.1) is 11.6 Å². The lowest BCUT2D eigenvalue weighted by Gasteiger charge is -2.40. The smallest absolute Gasteiger partial charge is 0.411 e. The molecule has 194 valence electrons. The molecule has 1 aliphatic rings. The van der Waals surface area contributed by atoms with Gasteiger partial charge in [0.2, 0.25) is 0 Å². The Morgan fingerprint density at radius 2 is 1.83 bits per heavy atom. The van der Waals surface area contributed by atoms with Crippen LogP contribution < -0.4 is 4.72 Å². The molecule has 7 nitrogen and oxygen atoms in total. The average molecular weight is 543 g/mol. The molecule has 0 aromatic heterocycles. The molecule has 0 atom stereocenters. The van der Waals surface area contributed by atoms with Gasteiger partial charge < -0.3 is 5.21 Å². The van der Waals surface area contributed by atoms with Crippen molar-refractivity contribution in [1.29, 1.82) is 0 Å². The van der Waals surface area contributed by atoms with Crippen molar-refractivity contribution in [2.24, 2.45) is 5.16 Å². The summed E-state index contributed by atoms with van der Waals surface area (Å²) in [5.41, 5.74) is -6.08. The van der Waals surface area contributed by atoms with Crippen molar-refractivity contribution < 1.29 is 44.0 Å². The summed E-state index contributed by atoms with van der Waals surface area (Å²) in [6.07, 6.45) is 4.04. The highest BCUT2D eigenvalue weighted by Crippen LogP contribution is 2.48. The maximum Gasteiger partial charge on any atom is 0.511 e. The Hall–Kier alpha value is -2.58. The third-order valence-electron chi connectivity index (χ3n) is 5.55. The first kappa shape index (κ1) is 28.7. The molecule has 0 spiro atoms. The Morgan fingerprint density at radius 3 is 2.37 bits per heavy atom. The first-order chi connectivity index (χ1) is 16.2. The van der Waals surface area contributed by atoms with Crippen LogP contribution in [0.5, 0.6) is 0 Å². The maximum absolute atomic E-state index is 14.9. The van der Waals surface area contributed by atoms with Crippen LogP contribution in [0.25, 0.3) is 0 Å². The van der Waals surface area contributed by atoms with Crippen LogP contribution in [0.1, 0.15) is 37.7 Å². The molecule has 14 heteroatoms. The Bertz CT molecular complexity index is 1230. The van der Waals surface area contributed by atoms with E-state index in [1.807, 2.05) is 0 Å². The van der Waals surface area contributed by atoms with E-state index in [1.54, 1.807) is 0 Å². The predicted molar refractivity (Wildman–Crippen MR) is 120 cm³/mol. The molecule has 0 radical (unpaired) electrons. The molecule has 2 rings (SSSR count). The average Bonchev–Trinajstić information content (AvgIpc) is 2.77. The van der Waals surface area contributed by atoms with E-state index < -0.39 is 79.0 Å². The van der Waals surface area contributed by atoms with Crippen molar-refractivity contribution in [3.8, 4) is 0 Å². The lowest BCUT2D eigenvalue weighted by Crippen LogP contribution is -2.48. The highest BCUT2D eigenvalue weighted by atomic mass is 32.2. The van der Waals surface area contributed by atoms with Crippen LogP contribution in [0.4, 0.5) is 22.0 Å². The van der Waals surface area contributed by atoms with Crippen molar-refractivity contribution in [1.82, 2.24) is 4.72 Å². The third-order valence-corrected chi connectivity index (χ3v) is 9.35. The van der Waals surface area contributed by atoms with E-state index in [0.717, 1.165) is 36.6 Å². The summed E-state index contributed by atoms with van der Waals surface area (Å²) in [7, 11) is -10.2. The minimum absolute atomic E-state index is 0.0309. The molecule has 1 aliphatic carbocycles. The zero-order valence-corrected chi connectivity index (χ0v) is 19.8.